The molecule has 2 aliphatic heterocycles. The third-order valence-corrected chi connectivity index (χ3v) is 10.5. The van der Waals surface area contributed by atoms with Crippen LogP contribution in [0.25, 0.3) is 57.5 Å². The van der Waals surface area contributed by atoms with Gasteiger partial charge in [0.25, 0.3) is 0 Å². The summed E-state index contributed by atoms with van der Waals surface area (Å²) in [5.41, 5.74) is 14.0. The van der Waals surface area contributed by atoms with Crippen LogP contribution in [0.1, 0.15) is 157 Å². The number of pyridine rings is 1. The summed E-state index contributed by atoms with van der Waals surface area (Å²) in [6, 6.07) is 13.1. The SMILES string of the molecule is CCCCCCCc1c2nc(c(-c3ccncc3)c3nc(c(CCCCCCC)c4ccc([n-]4)c(CCCCCCC)c4ccc1[n-]4)C=C3)C=C2.[Zn+2]. The molecule has 4 aromatic heterocycles. The Balaban J connectivity index is 0.00000523. The second-order valence-electron chi connectivity index (χ2n) is 14.4. The van der Waals surface area contributed by atoms with Gasteiger partial charge in [-0.2, -0.15) is 0 Å². The zero-order valence-electron chi connectivity index (χ0n) is 32.1. The van der Waals surface area contributed by atoms with E-state index in [1.54, 1.807) is 0 Å². The van der Waals surface area contributed by atoms with Crippen LogP contribution < -0.4 is 9.97 Å². The fourth-order valence-corrected chi connectivity index (χ4v) is 7.56. The van der Waals surface area contributed by atoms with E-state index < -0.39 is 0 Å². The number of rotatable bonds is 19. The van der Waals surface area contributed by atoms with E-state index in [1.165, 1.54) is 93.7 Å². The zero-order chi connectivity index (χ0) is 35.3. The van der Waals surface area contributed by atoms with E-state index in [4.69, 9.17) is 19.9 Å². The molecule has 0 amide bonds. The van der Waals surface area contributed by atoms with Gasteiger partial charge in [0.15, 0.2) is 0 Å². The van der Waals surface area contributed by atoms with Crippen molar-refractivity contribution in [2.75, 3.05) is 0 Å². The number of aromatic nitrogens is 5. The predicted octanol–water partition coefficient (Wildman–Crippen LogP) is 12.5. The van der Waals surface area contributed by atoms with E-state index in [0.717, 1.165) is 94.5 Å². The Labute approximate surface area is 325 Å². The zero-order valence-corrected chi connectivity index (χ0v) is 35.1. The molecule has 0 unspecified atom stereocenters. The molecule has 2 aliphatic rings. The van der Waals surface area contributed by atoms with E-state index in [0.29, 0.717) is 0 Å². The van der Waals surface area contributed by atoms with Crippen molar-refractivity contribution >= 4 is 46.4 Å². The van der Waals surface area contributed by atoms with Crippen molar-refractivity contribution in [3.63, 3.8) is 0 Å². The molecule has 0 spiro atoms. The largest absolute Gasteiger partial charge is 2.00 e. The monoisotopic (exact) mass is 743 g/mol. The molecule has 0 saturated carbocycles. The van der Waals surface area contributed by atoms with Crippen molar-refractivity contribution in [2.45, 2.75) is 136 Å². The molecule has 268 valence electrons. The van der Waals surface area contributed by atoms with Crippen molar-refractivity contribution in [3.8, 4) is 11.1 Å². The summed E-state index contributed by atoms with van der Waals surface area (Å²) in [4.78, 5) is 25.9. The summed E-state index contributed by atoms with van der Waals surface area (Å²) in [5, 5.41) is 0. The quantitative estimate of drug-likeness (QED) is 0.0610. The van der Waals surface area contributed by atoms with Gasteiger partial charge in [-0.1, -0.05) is 128 Å². The Morgan fingerprint density at radius 3 is 1.21 bits per heavy atom. The van der Waals surface area contributed by atoms with E-state index >= 15 is 0 Å². The Bertz CT molecular complexity index is 1840. The first-order valence-corrected chi connectivity index (χ1v) is 20.1. The first kappa shape index (κ1) is 39.6. The average Bonchev–Trinajstić information content (AvgIpc) is 3.99. The summed E-state index contributed by atoms with van der Waals surface area (Å²) < 4.78 is 0. The Morgan fingerprint density at radius 2 is 0.788 bits per heavy atom. The van der Waals surface area contributed by atoms with Crippen molar-refractivity contribution in [1.29, 1.82) is 0 Å². The molecule has 6 heteroatoms. The van der Waals surface area contributed by atoms with Crippen LogP contribution in [0.5, 0.6) is 0 Å². The first-order chi connectivity index (χ1) is 25.2. The Morgan fingerprint density at radius 1 is 0.423 bits per heavy atom. The van der Waals surface area contributed by atoms with Crippen LogP contribution in [0.2, 0.25) is 0 Å². The van der Waals surface area contributed by atoms with Gasteiger partial charge in [0.2, 0.25) is 0 Å². The van der Waals surface area contributed by atoms with Crippen LogP contribution in [0, 0.1) is 0 Å². The summed E-state index contributed by atoms with van der Waals surface area (Å²) in [7, 11) is 0. The third-order valence-electron chi connectivity index (χ3n) is 10.5. The summed E-state index contributed by atoms with van der Waals surface area (Å²) >= 11 is 0. The van der Waals surface area contributed by atoms with E-state index in [2.05, 4.69) is 86.5 Å². The molecule has 4 aromatic rings. The Kier molecular flexibility index (Phi) is 15.7. The number of aryl methyl sites for hydroxylation is 3. The van der Waals surface area contributed by atoms with Crippen LogP contribution in [0.4, 0.5) is 0 Å². The molecule has 6 heterocycles. The number of nitrogens with zero attached hydrogens (tertiary/aromatic N) is 5. The number of hydrogen-bond donors (Lipinski definition) is 0. The molecule has 5 nitrogen and oxygen atoms in total. The van der Waals surface area contributed by atoms with Crippen LogP contribution >= 0.6 is 0 Å². The van der Waals surface area contributed by atoms with Crippen molar-refractivity contribution in [2.24, 2.45) is 0 Å². The van der Waals surface area contributed by atoms with Gasteiger partial charge in [0.1, 0.15) is 0 Å². The number of hydrogen-bond acceptors (Lipinski definition) is 3. The molecule has 0 aromatic carbocycles. The summed E-state index contributed by atoms with van der Waals surface area (Å²) in [5.74, 6) is 0. The summed E-state index contributed by atoms with van der Waals surface area (Å²) in [6.45, 7) is 6.84. The summed E-state index contributed by atoms with van der Waals surface area (Å²) in [6.07, 6.45) is 33.9. The average molecular weight is 745 g/mol. The number of fused-ring (bicyclic) bond motifs is 8. The van der Waals surface area contributed by atoms with Crippen LogP contribution in [0.3, 0.4) is 0 Å². The number of unbranched alkanes of at least 4 members (excludes halogenated alkanes) is 12. The molecule has 0 N–H and O–H groups in total. The molecule has 8 bridgehead atoms. The van der Waals surface area contributed by atoms with Crippen molar-refractivity contribution in [3.05, 3.63) is 88.3 Å². The first-order valence-electron chi connectivity index (χ1n) is 20.1. The fraction of sp³-hybridized carbons (Fsp3) is 0.457. The predicted molar refractivity (Wildman–Crippen MR) is 217 cm³/mol. The van der Waals surface area contributed by atoms with Crippen molar-refractivity contribution in [1.82, 2.24) is 24.9 Å². The third kappa shape index (κ3) is 10.1. The molecule has 0 saturated heterocycles. The molecule has 52 heavy (non-hydrogen) atoms. The normalized spacial score (nSPS) is 12.1. The van der Waals surface area contributed by atoms with Crippen LogP contribution in [-0.2, 0) is 38.7 Å². The van der Waals surface area contributed by atoms with Gasteiger partial charge in [-0.25, -0.2) is 9.97 Å². The van der Waals surface area contributed by atoms with E-state index in [9.17, 15) is 0 Å². The van der Waals surface area contributed by atoms with E-state index in [1.807, 2.05) is 12.4 Å². The van der Waals surface area contributed by atoms with Gasteiger partial charge in [-0.15, -0.1) is 22.1 Å². The molecular weight excluding hydrogens is 688 g/mol. The Hall–Kier alpha value is -3.63. The van der Waals surface area contributed by atoms with E-state index in [-0.39, 0.29) is 19.5 Å². The van der Waals surface area contributed by atoms with Gasteiger partial charge in [-0.3, -0.25) is 4.98 Å². The maximum atomic E-state index is 5.40. The molecule has 0 aliphatic carbocycles. The van der Waals surface area contributed by atoms with Gasteiger partial charge < -0.3 is 9.97 Å². The minimum absolute atomic E-state index is 0. The van der Waals surface area contributed by atoms with Gasteiger partial charge >= 0.3 is 19.5 Å². The maximum Gasteiger partial charge on any atom is 2.00 e. The molecular formula is C46H57N5Zn. The second kappa shape index (κ2) is 20.6. The fourth-order valence-electron chi connectivity index (χ4n) is 7.56. The van der Waals surface area contributed by atoms with Gasteiger partial charge in [-0.05, 0) is 91.7 Å². The topological polar surface area (TPSA) is 66.9 Å². The molecule has 0 radical (unpaired) electrons. The molecule has 0 atom stereocenters. The van der Waals surface area contributed by atoms with Gasteiger partial charge in [0, 0.05) is 18.0 Å². The van der Waals surface area contributed by atoms with Crippen LogP contribution in [0.15, 0.2) is 48.8 Å². The standard InChI is InChI=1S/C46H57N5.Zn/c1-4-7-10-13-16-19-35-38-22-24-40(48-38)36(20-17-14-11-8-5-2)42-26-28-44(50-42)46(34-30-32-47-33-31-34)45-29-27-43(51-45)37(21-18-15-12-9-6-3)41-25-23-39(35)49-41;/h22-33H,4-21H2,1-3H3;/q-2;+2. The van der Waals surface area contributed by atoms with Crippen LogP contribution in [-0.4, -0.2) is 15.0 Å². The minimum Gasteiger partial charge on any atom is -0.657 e. The second-order valence-corrected chi connectivity index (χ2v) is 14.4. The minimum atomic E-state index is 0. The van der Waals surface area contributed by atoms with Crippen molar-refractivity contribution < 1.29 is 19.5 Å². The maximum absolute atomic E-state index is 5.40. The van der Waals surface area contributed by atoms with Gasteiger partial charge in [0.05, 0.1) is 22.8 Å². The molecule has 0 fully saturated rings. The molecule has 6 rings (SSSR count). The smallest absolute Gasteiger partial charge is 0.657 e.